The summed E-state index contributed by atoms with van der Waals surface area (Å²) in [5.41, 5.74) is 25.3. The second-order valence-electron chi connectivity index (χ2n) is 21.8. The maximum atomic E-state index is 14.9. The fourth-order valence-electron chi connectivity index (χ4n) is 11.0. The van der Waals surface area contributed by atoms with Gasteiger partial charge in [0.05, 0.1) is 72.6 Å². The van der Waals surface area contributed by atoms with Crippen LogP contribution < -0.4 is 4.74 Å². The number of rotatable bonds is 30. The van der Waals surface area contributed by atoms with Crippen LogP contribution in [0.4, 0.5) is 0 Å². The zero-order valence-corrected chi connectivity index (χ0v) is 50.6. The van der Waals surface area contributed by atoms with Crippen LogP contribution in [0.15, 0.2) is 216 Å². The van der Waals surface area contributed by atoms with Gasteiger partial charge in [0.2, 0.25) is 0 Å². The van der Waals surface area contributed by atoms with Crippen molar-refractivity contribution in [2.45, 2.75) is 132 Å². The van der Waals surface area contributed by atoms with Crippen molar-refractivity contribution in [2.75, 3.05) is 27.4 Å². The summed E-state index contributed by atoms with van der Waals surface area (Å²) in [6.45, 7) is -0.349. The van der Waals surface area contributed by atoms with Gasteiger partial charge in [0.25, 0.3) is 0 Å². The molecule has 0 aliphatic carbocycles. The number of benzene rings is 7. The van der Waals surface area contributed by atoms with E-state index in [4.69, 9.17) is 66.3 Å². The molecular formula is C69H72N6O17. The largest absolute Gasteiger partial charge is 0.497 e. The van der Waals surface area contributed by atoms with Gasteiger partial charge in [0.1, 0.15) is 66.7 Å². The van der Waals surface area contributed by atoms with Crippen LogP contribution in [0.25, 0.3) is 20.9 Å². The Morgan fingerprint density at radius 3 is 1.34 bits per heavy atom. The Balaban J connectivity index is 1.07. The highest BCUT2D eigenvalue weighted by Crippen LogP contribution is 2.39. The molecule has 92 heavy (non-hydrogen) atoms. The van der Waals surface area contributed by atoms with Crippen molar-refractivity contribution in [1.29, 1.82) is 0 Å². The van der Waals surface area contributed by atoms with E-state index < -0.39 is 104 Å². The maximum absolute atomic E-state index is 14.9. The molecular weight excluding hydrogens is 1180 g/mol. The van der Waals surface area contributed by atoms with Gasteiger partial charge in [-0.15, -0.1) is 0 Å². The molecule has 10 rings (SSSR count). The van der Waals surface area contributed by atoms with Crippen molar-refractivity contribution >= 4 is 11.9 Å². The third kappa shape index (κ3) is 17.9. The highest BCUT2D eigenvalue weighted by molar-refractivity contribution is 5.89. The Hall–Kier alpha value is -8.58. The third-order valence-electron chi connectivity index (χ3n) is 15.6. The average Bonchev–Trinajstić information content (AvgIpc) is 0.807. The molecule has 3 aliphatic heterocycles. The lowest BCUT2D eigenvalue weighted by molar-refractivity contribution is -0.367. The second kappa shape index (κ2) is 34.2. The summed E-state index contributed by atoms with van der Waals surface area (Å²) < 4.78 is 91.7. The molecule has 3 saturated heterocycles. The Morgan fingerprint density at radius 2 is 0.859 bits per heavy atom. The maximum Gasteiger partial charge on any atom is 0.338 e. The minimum Gasteiger partial charge on any atom is -0.497 e. The quantitative estimate of drug-likeness (QED) is 0.0189. The van der Waals surface area contributed by atoms with Crippen LogP contribution in [0.5, 0.6) is 5.75 Å². The first-order valence-corrected chi connectivity index (χ1v) is 30.0. The van der Waals surface area contributed by atoms with Crippen LogP contribution in [0, 0.1) is 0 Å². The summed E-state index contributed by atoms with van der Waals surface area (Å²) in [6.07, 6.45) is -19.4. The molecule has 0 bridgehead atoms. The van der Waals surface area contributed by atoms with E-state index in [1.54, 1.807) is 49.6 Å². The van der Waals surface area contributed by atoms with Crippen molar-refractivity contribution in [3.05, 3.63) is 266 Å². The van der Waals surface area contributed by atoms with Gasteiger partial charge < -0.3 is 71.4 Å². The van der Waals surface area contributed by atoms with E-state index in [0.717, 1.165) is 29.4 Å². The molecule has 3 aliphatic rings. The number of methoxy groups -OCH3 is 2. The fraction of sp³-hybridized carbons (Fsp3) is 0.362. The van der Waals surface area contributed by atoms with E-state index in [1.165, 1.54) is 0 Å². The number of aliphatic hydroxyl groups is 1. The van der Waals surface area contributed by atoms with Gasteiger partial charge in [0.15, 0.2) is 31.1 Å². The first-order valence-electron chi connectivity index (χ1n) is 30.0. The summed E-state index contributed by atoms with van der Waals surface area (Å²) in [6, 6.07) is 59.0. The van der Waals surface area contributed by atoms with Crippen molar-refractivity contribution in [3.8, 4) is 5.75 Å². The molecule has 15 atom stereocenters. The van der Waals surface area contributed by atoms with Crippen LogP contribution in [0.3, 0.4) is 0 Å². The molecule has 6 unspecified atom stereocenters. The number of aliphatic hydroxyl groups excluding tert-OH is 1. The number of carbonyl (C=O) groups excluding carboxylic acids is 2. The predicted octanol–water partition coefficient (Wildman–Crippen LogP) is 10.5. The van der Waals surface area contributed by atoms with E-state index in [2.05, 4.69) is 20.1 Å². The monoisotopic (exact) mass is 1260 g/mol. The molecule has 7 aromatic carbocycles. The average molecular weight is 1260 g/mol. The fourth-order valence-corrected chi connectivity index (χ4v) is 11.0. The SMILES string of the molecule is COC(=O)C1O[C@@H](O[C@@H]2C(COCc3ccccc3)O[C@H](O)C(N=[N+]=[N-])[C@H]2OCc2ccccc2)C(OC(=O)c2ccccc2)[C@@H](OCc2ccccc2)[C@@H]1O[C@H]1OC(COCc2ccccc2)[C@@H](OCc2ccc(OC)cc2)[C@H](OCc2ccccc2)C1N=[N+]=[N-]. The summed E-state index contributed by atoms with van der Waals surface area (Å²) in [5.74, 6) is -1.25. The molecule has 23 nitrogen and oxygen atoms in total. The van der Waals surface area contributed by atoms with Gasteiger partial charge in [-0.1, -0.05) is 192 Å². The van der Waals surface area contributed by atoms with Gasteiger partial charge in [0, 0.05) is 9.82 Å². The van der Waals surface area contributed by atoms with Crippen LogP contribution in [0.2, 0.25) is 0 Å². The highest BCUT2D eigenvalue weighted by atomic mass is 16.8. The van der Waals surface area contributed by atoms with Crippen molar-refractivity contribution in [1.82, 2.24) is 0 Å². The van der Waals surface area contributed by atoms with Crippen LogP contribution in [-0.4, -0.2) is 136 Å². The molecule has 3 fully saturated rings. The van der Waals surface area contributed by atoms with Gasteiger partial charge in [-0.2, -0.15) is 0 Å². The Labute approximate surface area is 532 Å². The molecule has 1 N–H and O–H groups in total. The van der Waals surface area contributed by atoms with E-state index in [-0.39, 0.29) is 58.4 Å². The number of nitrogens with zero attached hydrogens (tertiary/aromatic N) is 6. The van der Waals surface area contributed by atoms with Gasteiger partial charge >= 0.3 is 11.9 Å². The lowest BCUT2D eigenvalue weighted by Gasteiger charge is -2.50. The van der Waals surface area contributed by atoms with Crippen molar-refractivity contribution < 1.29 is 81.0 Å². The number of azide groups is 2. The predicted molar refractivity (Wildman–Crippen MR) is 330 cm³/mol. The van der Waals surface area contributed by atoms with Gasteiger partial charge in [-0.05, 0) is 68.7 Å². The van der Waals surface area contributed by atoms with Crippen LogP contribution >= 0.6 is 0 Å². The van der Waals surface area contributed by atoms with E-state index >= 15 is 0 Å². The number of carbonyl (C=O) groups is 2. The first-order chi connectivity index (χ1) is 45.2. The summed E-state index contributed by atoms with van der Waals surface area (Å²) in [7, 11) is 2.72. The zero-order chi connectivity index (χ0) is 63.9. The van der Waals surface area contributed by atoms with Gasteiger partial charge in [-0.25, -0.2) is 9.59 Å². The topological polar surface area (TPSA) is 281 Å². The Kier molecular flexibility index (Phi) is 24.7. The molecule has 0 spiro atoms. The molecule has 0 saturated carbocycles. The molecule has 0 radical (unpaired) electrons. The van der Waals surface area contributed by atoms with E-state index in [0.29, 0.717) is 16.9 Å². The molecule has 0 amide bonds. The van der Waals surface area contributed by atoms with Gasteiger partial charge in [-0.3, -0.25) is 0 Å². The molecule has 0 aromatic heterocycles. The van der Waals surface area contributed by atoms with Crippen molar-refractivity contribution in [3.63, 3.8) is 0 Å². The molecule has 7 aromatic rings. The molecule has 480 valence electrons. The zero-order valence-electron chi connectivity index (χ0n) is 50.6. The number of esters is 2. The lowest BCUT2D eigenvalue weighted by Crippen LogP contribution is -2.68. The van der Waals surface area contributed by atoms with Crippen LogP contribution in [-0.2, 0) is 106 Å². The Morgan fingerprint density at radius 1 is 0.446 bits per heavy atom. The number of hydrogen-bond donors (Lipinski definition) is 1. The van der Waals surface area contributed by atoms with E-state index in [1.807, 2.05) is 164 Å². The standard InChI is InChI=1S/C69H72N6O17/c1-79-52-35-33-50(34-36-52)42-83-57-53(43-81-37-45-21-9-3-10-22-45)88-68(56(73-75-71)60(57)85-40-48-27-15-6-16-28-48)91-62-61(86-41-49-29-17-7-18-30-49)64(89-65(76)51-31-19-8-20-32-51)69(92-63(62)67(78)80-2)90-58-54(44-82-38-46-23-11-4-12-24-46)87-66(77)55(72-74-70)59(58)84-39-47-25-13-5-14-26-47/h3-36,53-64,66,68-69,77H,37-44H2,1-2H3/t53?,54?,55?,56?,57-,58-,59-,60-,61+,62+,63?,64?,66+,68-,69-/m1/s1. The first kappa shape index (κ1) is 66.3. The second-order valence-corrected chi connectivity index (χ2v) is 21.8. The molecule has 3 heterocycles. The normalized spacial score (nSPS) is 26.1. The Bertz CT molecular complexity index is 3460. The minimum absolute atomic E-state index is 0.00310. The summed E-state index contributed by atoms with van der Waals surface area (Å²) >= 11 is 0. The lowest BCUT2D eigenvalue weighted by atomic mass is 9.94. The highest BCUT2D eigenvalue weighted by Gasteiger charge is 2.59. The number of hydrogen-bond acceptors (Lipinski definition) is 19. The van der Waals surface area contributed by atoms with E-state index in [9.17, 15) is 25.8 Å². The third-order valence-corrected chi connectivity index (χ3v) is 15.6. The smallest absolute Gasteiger partial charge is 0.338 e. The minimum atomic E-state index is -1.85. The van der Waals surface area contributed by atoms with Crippen LogP contribution in [0.1, 0.15) is 43.7 Å². The number of ether oxygens (including phenoxy) is 14. The molecule has 23 heteroatoms. The summed E-state index contributed by atoms with van der Waals surface area (Å²) in [4.78, 5) is 36.0. The summed E-state index contributed by atoms with van der Waals surface area (Å²) in [5, 5.41) is 20.0. The van der Waals surface area contributed by atoms with Crippen molar-refractivity contribution in [2.24, 2.45) is 10.2 Å².